The summed E-state index contributed by atoms with van der Waals surface area (Å²) in [6, 6.07) is 16.0. The van der Waals surface area contributed by atoms with Crippen LogP contribution in [0, 0.1) is 0 Å². The van der Waals surface area contributed by atoms with Crippen molar-refractivity contribution in [2.75, 3.05) is 30.9 Å². The molecule has 0 bridgehead atoms. The quantitative estimate of drug-likeness (QED) is 0.564. The standard InChI is InChI=1S/C18H21NO2.C7H8N2O2/c1-13(2)21-17-8-6-15(7-9-17)19(3)16-5-4-14-10-11-20-18(14)12-16;1-8-6-4-9-3-2-5(6)7(10)11/h4-9,12-13H,10-11H2,1-3H3;2-4,8H,1H3,(H,10,11). The number of carbonyl (C=O) groups is 1. The predicted octanol–water partition coefficient (Wildman–Crippen LogP) is 5.00. The van der Waals surface area contributed by atoms with Gasteiger partial charge in [-0.05, 0) is 55.8 Å². The Morgan fingerprint density at radius 3 is 2.50 bits per heavy atom. The lowest BCUT2D eigenvalue weighted by atomic mass is 10.1. The highest BCUT2D eigenvalue weighted by Crippen LogP contribution is 2.33. The lowest BCUT2D eigenvalue weighted by Crippen LogP contribution is -2.10. The van der Waals surface area contributed by atoms with E-state index in [0.29, 0.717) is 5.69 Å². The van der Waals surface area contributed by atoms with E-state index in [2.05, 4.69) is 52.6 Å². The molecule has 1 aliphatic rings. The molecule has 0 saturated carbocycles. The summed E-state index contributed by atoms with van der Waals surface area (Å²) in [5.41, 5.74) is 4.33. The fourth-order valence-corrected chi connectivity index (χ4v) is 3.31. The van der Waals surface area contributed by atoms with Crippen molar-refractivity contribution in [2.24, 2.45) is 0 Å². The predicted molar refractivity (Wildman–Crippen MR) is 127 cm³/mol. The maximum Gasteiger partial charge on any atom is 0.337 e. The fourth-order valence-electron chi connectivity index (χ4n) is 3.31. The van der Waals surface area contributed by atoms with Crippen molar-refractivity contribution in [3.8, 4) is 11.5 Å². The molecular formula is C25H29N3O4. The fraction of sp³-hybridized carbons (Fsp3) is 0.280. The van der Waals surface area contributed by atoms with Crippen LogP contribution in [0.15, 0.2) is 60.9 Å². The van der Waals surface area contributed by atoms with Gasteiger partial charge in [-0.2, -0.15) is 0 Å². The Hall–Kier alpha value is -3.74. The number of pyridine rings is 1. The van der Waals surface area contributed by atoms with E-state index >= 15 is 0 Å². The summed E-state index contributed by atoms with van der Waals surface area (Å²) in [7, 11) is 3.72. The molecule has 0 spiro atoms. The van der Waals surface area contributed by atoms with Crippen LogP contribution in [0.1, 0.15) is 29.8 Å². The molecule has 0 saturated heterocycles. The summed E-state index contributed by atoms with van der Waals surface area (Å²) in [4.78, 5) is 16.4. The number of nitrogens with one attached hydrogen (secondary N) is 1. The first-order chi connectivity index (χ1) is 15.4. The average molecular weight is 436 g/mol. The molecule has 168 valence electrons. The van der Waals surface area contributed by atoms with Crippen LogP contribution in [-0.4, -0.2) is 42.9 Å². The highest BCUT2D eigenvalue weighted by Gasteiger charge is 2.14. The Morgan fingerprint density at radius 1 is 1.16 bits per heavy atom. The second kappa shape index (κ2) is 10.5. The van der Waals surface area contributed by atoms with Gasteiger partial charge in [-0.3, -0.25) is 4.98 Å². The number of anilines is 3. The van der Waals surface area contributed by atoms with E-state index in [1.807, 2.05) is 26.0 Å². The van der Waals surface area contributed by atoms with Crippen LogP contribution in [-0.2, 0) is 6.42 Å². The zero-order chi connectivity index (χ0) is 23.1. The third-order valence-electron chi connectivity index (χ3n) is 4.98. The third-order valence-corrected chi connectivity index (χ3v) is 4.98. The van der Waals surface area contributed by atoms with Crippen LogP contribution in [0.5, 0.6) is 11.5 Å². The smallest absolute Gasteiger partial charge is 0.337 e. The van der Waals surface area contributed by atoms with E-state index in [1.54, 1.807) is 7.05 Å². The van der Waals surface area contributed by atoms with Crippen LogP contribution >= 0.6 is 0 Å². The first-order valence-corrected chi connectivity index (χ1v) is 10.5. The van der Waals surface area contributed by atoms with Gasteiger partial charge in [-0.1, -0.05) is 6.07 Å². The Morgan fingerprint density at radius 2 is 1.88 bits per heavy atom. The van der Waals surface area contributed by atoms with Crippen molar-refractivity contribution < 1.29 is 19.4 Å². The van der Waals surface area contributed by atoms with Crippen molar-refractivity contribution in [3.63, 3.8) is 0 Å². The van der Waals surface area contributed by atoms with E-state index in [4.69, 9.17) is 14.6 Å². The summed E-state index contributed by atoms with van der Waals surface area (Å²) in [6.07, 6.45) is 4.14. The molecule has 4 rings (SSSR count). The second-order valence-corrected chi connectivity index (χ2v) is 7.59. The van der Waals surface area contributed by atoms with E-state index in [-0.39, 0.29) is 11.7 Å². The molecule has 0 amide bonds. The van der Waals surface area contributed by atoms with Crippen molar-refractivity contribution in [1.82, 2.24) is 4.98 Å². The Bertz CT molecular complexity index is 1050. The minimum atomic E-state index is -0.947. The number of carboxylic acid groups (broad SMARTS) is 1. The number of ether oxygens (including phenoxy) is 2. The van der Waals surface area contributed by atoms with E-state index in [0.717, 1.165) is 35.9 Å². The van der Waals surface area contributed by atoms with Crippen molar-refractivity contribution in [1.29, 1.82) is 0 Å². The van der Waals surface area contributed by atoms with Crippen LogP contribution in [0.2, 0.25) is 0 Å². The minimum Gasteiger partial charge on any atom is -0.493 e. The number of rotatable bonds is 6. The summed E-state index contributed by atoms with van der Waals surface area (Å²) < 4.78 is 11.3. The number of aromatic nitrogens is 1. The van der Waals surface area contributed by atoms with Crippen LogP contribution in [0.3, 0.4) is 0 Å². The molecule has 7 nitrogen and oxygen atoms in total. The highest BCUT2D eigenvalue weighted by molar-refractivity contribution is 5.93. The van der Waals surface area contributed by atoms with Gasteiger partial charge in [-0.15, -0.1) is 0 Å². The SMILES string of the molecule is CC(C)Oc1ccc(N(C)c2ccc3c(c2)OCC3)cc1.CNc1cnccc1C(=O)O. The molecule has 2 N–H and O–H groups in total. The molecule has 3 aromatic rings. The number of carboxylic acids is 1. The molecule has 1 aromatic heterocycles. The van der Waals surface area contributed by atoms with Gasteiger partial charge in [0, 0.05) is 44.2 Å². The lowest BCUT2D eigenvalue weighted by Gasteiger charge is -2.20. The topological polar surface area (TPSA) is 83.9 Å². The van der Waals surface area contributed by atoms with E-state index < -0.39 is 5.97 Å². The maximum atomic E-state index is 10.5. The molecule has 0 fully saturated rings. The molecule has 32 heavy (non-hydrogen) atoms. The zero-order valence-electron chi connectivity index (χ0n) is 18.8. The first-order valence-electron chi connectivity index (χ1n) is 10.5. The highest BCUT2D eigenvalue weighted by atomic mass is 16.5. The Kier molecular flexibility index (Phi) is 7.54. The van der Waals surface area contributed by atoms with Gasteiger partial charge in [0.05, 0.1) is 30.2 Å². The summed E-state index contributed by atoms with van der Waals surface area (Å²) in [5, 5.41) is 11.4. The van der Waals surface area contributed by atoms with Crippen molar-refractivity contribution in [2.45, 2.75) is 26.4 Å². The minimum absolute atomic E-state index is 0.197. The number of nitrogens with zero attached hydrogens (tertiary/aromatic N) is 2. The number of fused-ring (bicyclic) bond motifs is 1. The second-order valence-electron chi connectivity index (χ2n) is 7.59. The number of hydrogen-bond donors (Lipinski definition) is 2. The van der Waals surface area contributed by atoms with Crippen molar-refractivity contribution in [3.05, 3.63) is 72.1 Å². The molecule has 0 aliphatic carbocycles. The molecule has 0 radical (unpaired) electrons. The van der Waals surface area contributed by atoms with Crippen molar-refractivity contribution >= 4 is 23.0 Å². The van der Waals surface area contributed by atoms with Gasteiger partial charge in [0.15, 0.2) is 0 Å². The largest absolute Gasteiger partial charge is 0.493 e. The van der Waals surface area contributed by atoms with E-state index in [1.165, 1.54) is 24.0 Å². The number of benzene rings is 2. The van der Waals surface area contributed by atoms with Gasteiger partial charge >= 0.3 is 5.97 Å². The maximum absolute atomic E-state index is 10.5. The van der Waals surface area contributed by atoms with Gasteiger partial charge in [-0.25, -0.2) is 4.79 Å². The summed E-state index contributed by atoms with van der Waals surface area (Å²) in [6.45, 7) is 4.86. The molecule has 0 unspecified atom stereocenters. The lowest BCUT2D eigenvalue weighted by molar-refractivity contribution is 0.0698. The molecule has 0 atom stereocenters. The van der Waals surface area contributed by atoms with Gasteiger partial charge in [0.1, 0.15) is 11.5 Å². The normalized spacial score (nSPS) is 11.7. The number of hydrogen-bond acceptors (Lipinski definition) is 6. The van der Waals surface area contributed by atoms with Crippen LogP contribution in [0.25, 0.3) is 0 Å². The van der Waals surface area contributed by atoms with Crippen LogP contribution < -0.4 is 19.7 Å². The van der Waals surface area contributed by atoms with E-state index in [9.17, 15) is 4.79 Å². The molecule has 2 aromatic carbocycles. The van der Waals surface area contributed by atoms with Gasteiger partial charge < -0.3 is 24.8 Å². The Balaban J connectivity index is 0.000000222. The van der Waals surface area contributed by atoms with Gasteiger partial charge in [0.25, 0.3) is 0 Å². The zero-order valence-corrected chi connectivity index (χ0v) is 18.8. The Labute approximate surface area is 188 Å². The van der Waals surface area contributed by atoms with Crippen LogP contribution in [0.4, 0.5) is 17.1 Å². The summed E-state index contributed by atoms with van der Waals surface area (Å²) >= 11 is 0. The first kappa shape index (κ1) is 22.9. The number of aromatic carboxylic acids is 1. The third kappa shape index (κ3) is 5.69. The molecular weight excluding hydrogens is 406 g/mol. The molecule has 1 aliphatic heterocycles. The summed E-state index contributed by atoms with van der Waals surface area (Å²) in [5.74, 6) is 0.968. The monoisotopic (exact) mass is 435 g/mol. The molecule has 2 heterocycles. The molecule has 7 heteroatoms. The average Bonchev–Trinajstić information content (AvgIpc) is 3.27. The van der Waals surface area contributed by atoms with Gasteiger partial charge in [0.2, 0.25) is 0 Å².